The van der Waals surface area contributed by atoms with Gasteiger partial charge in [0.15, 0.2) is 9.34 Å². The molecule has 2 aromatic rings. The number of nitro groups is 1. The van der Waals surface area contributed by atoms with Gasteiger partial charge in [0.2, 0.25) is 0 Å². The van der Waals surface area contributed by atoms with Crippen molar-refractivity contribution in [1.82, 2.24) is 4.98 Å². The minimum absolute atomic E-state index is 0.00842. The number of sulfonamides is 1. The van der Waals surface area contributed by atoms with E-state index in [1.807, 2.05) is 0 Å². The fourth-order valence-corrected chi connectivity index (χ4v) is 4.20. The first-order valence-electron chi connectivity index (χ1n) is 5.72. The maximum absolute atomic E-state index is 12.3. The average molecular weight is 328 g/mol. The molecule has 1 aromatic carbocycles. The number of anilines is 2. The Labute approximate surface area is 124 Å². The number of hydrogen-bond acceptors (Lipinski definition) is 7. The van der Waals surface area contributed by atoms with E-state index in [1.165, 1.54) is 32.0 Å². The van der Waals surface area contributed by atoms with Crippen molar-refractivity contribution in [2.24, 2.45) is 0 Å². The van der Waals surface area contributed by atoms with E-state index in [0.29, 0.717) is 0 Å². The highest BCUT2D eigenvalue weighted by Crippen LogP contribution is 2.30. The van der Waals surface area contributed by atoms with Crippen LogP contribution in [0, 0.1) is 24.0 Å². The summed E-state index contributed by atoms with van der Waals surface area (Å²) >= 11 is 0.839. The Balaban J connectivity index is 2.45. The summed E-state index contributed by atoms with van der Waals surface area (Å²) in [5, 5.41) is 11.0. The summed E-state index contributed by atoms with van der Waals surface area (Å²) in [6, 6.07) is 4.18. The van der Waals surface area contributed by atoms with Gasteiger partial charge in [-0.05, 0) is 19.9 Å². The summed E-state index contributed by atoms with van der Waals surface area (Å²) in [6.07, 6.45) is 0. The Bertz CT molecular complexity index is 814. The third kappa shape index (κ3) is 2.95. The molecule has 0 spiro atoms. The second-order valence-corrected chi connectivity index (χ2v) is 7.15. The van der Waals surface area contributed by atoms with Crippen molar-refractivity contribution >= 4 is 37.9 Å². The number of aryl methyl sites for hydroxylation is 1. The van der Waals surface area contributed by atoms with Crippen LogP contribution in [0.25, 0.3) is 0 Å². The molecule has 8 nitrogen and oxygen atoms in total. The van der Waals surface area contributed by atoms with Gasteiger partial charge in [-0.1, -0.05) is 17.4 Å². The van der Waals surface area contributed by atoms with Crippen LogP contribution in [0.4, 0.5) is 16.5 Å². The Morgan fingerprint density at radius 1 is 1.38 bits per heavy atom. The van der Waals surface area contributed by atoms with Crippen molar-refractivity contribution in [3.05, 3.63) is 39.6 Å². The predicted molar refractivity (Wildman–Crippen MR) is 79.9 cm³/mol. The van der Waals surface area contributed by atoms with Crippen LogP contribution in [0.2, 0.25) is 0 Å². The first kappa shape index (κ1) is 15.2. The molecule has 0 aliphatic heterocycles. The Morgan fingerprint density at radius 3 is 2.57 bits per heavy atom. The Morgan fingerprint density at radius 2 is 2.05 bits per heavy atom. The molecule has 0 radical (unpaired) electrons. The minimum atomic E-state index is -3.88. The normalized spacial score (nSPS) is 11.3. The second kappa shape index (κ2) is 5.30. The van der Waals surface area contributed by atoms with E-state index in [1.54, 1.807) is 0 Å². The van der Waals surface area contributed by atoms with Crippen LogP contribution >= 0.6 is 11.3 Å². The summed E-state index contributed by atoms with van der Waals surface area (Å²) in [6.45, 7) is 3.01. The molecule has 21 heavy (non-hydrogen) atoms. The molecular weight excluding hydrogens is 316 g/mol. The number of thiazole rings is 1. The highest BCUT2D eigenvalue weighted by atomic mass is 32.2. The zero-order chi connectivity index (χ0) is 15.8. The molecule has 0 fully saturated rings. The van der Waals surface area contributed by atoms with E-state index < -0.39 is 14.9 Å². The summed E-state index contributed by atoms with van der Waals surface area (Å²) in [4.78, 5) is 14.2. The van der Waals surface area contributed by atoms with Crippen molar-refractivity contribution < 1.29 is 13.3 Å². The molecule has 3 N–H and O–H groups in total. The first-order chi connectivity index (χ1) is 9.72. The lowest BCUT2D eigenvalue weighted by Gasteiger charge is -2.09. The van der Waals surface area contributed by atoms with E-state index in [9.17, 15) is 18.5 Å². The highest BCUT2D eigenvalue weighted by Gasteiger charge is 2.23. The van der Waals surface area contributed by atoms with Crippen molar-refractivity contribution in [3.8, 4) is 0 Å². The van der Waals surface area contributed by atoms with Gasteiger partial charge in [0, 0.05) is 6.07 Å². The zero-order valence-electron chi connectivity index (χ0n) is 11.2. The van der Waals surface area contributed by atoms with Gasteiger partial charge in [0.1, 0.15) is 0 Å². The Kier molecular flexibility index (Phi) is 3.83. The van der Waals surface area contributed by atoms with Crippen LogP contribution in [0.15, 0.2) is 22.4 Å². The molecule has 0 atom stereocenters. The lowest BCUT2D eigenvalue weighted by atomic mass is 10.2. The van der Waals surface area contributed by atoms with Gasteiger partial charge in [0.05, 0.1) is 21.9 Å². The van der Waals surface area contributed by atoms with Gasteiger partial charge in [0.25, 0.3) is 15.7 Å². The van der Waals surface area contributed by atoms with E-state index in [-0.39, 0.29) is 32.0 Å². The number of rotatable bonds is 4. The number of hydrogen-bond donors (Lipinski definition) is 2. The lowest BCUT2D eigenvalue weighted by molar-refractivity contribution is -0.385. The number of nitrogens with zero attached hydrogens (tertiary/aromatic N) is 2. The standard InChI is InChI=1S/C11H12N4O4S2/c1-6-8(4-3-5-9(6)15(16)17)14-21(18,19)10-7(2)13-11(12)20-10/h3-5,14H,1-2H3,(H2,12,13). The van der Waals surface area contributed by atoms with E-state index in [2.05, 4.69) is 9.71 Å². The minimum Gasteiger partial charge on any atom is -0.375 e. The zero-order valence-corrected chi connectivity index (χ0v) is 12.8. The van der Waals surface area contributed by atoms with Gasteiger partial charge < -0.3 is 5.73 Å². The van der Waals surface area contributed by atoms with Gasteiger partial charge in [-0.2, -0.15) is 0 Å². The quantitative estimate of drug-likeness (QED) is 0.653. The maximum atomic E-state index is 12.3. The molecule has 0 aliphatic rings. The molecule has 0 amide bonds. The van der Waals surface area contributed by atoms with Crippen LogP contribution < -0.4 is 10.5 Å². The SMILES string of the molecule is Cc1nc(N)sc1S(=O)(=O)Nc1cccc([N+](=O)[O-])c1C. The van der Waals surface area contributed by atoms with Crippen LogP contribution in [0.1, 0.15) is 11.3 Å². The van der Waals surface area contributed by atoms with Crippen LogP contribution in [-0.4, -0.2) is 18.3 Å². The van der Waals surface area contributed by atoms with Crippen molar-refractivity contribution in [3.63, 3.8) is 0 Å². The number of benzene rings is 1. The largest absolute Gasteiger partial charge is 0.375 e. The smallest absolute Gasteiger partial charge is 0.274 e. The molecule has 1 heterocycles. The van der Waals surface area contributed by atoms with Gasteiger partial charge >= 0.3 is 0 Å². The summed E-state index contributed by atoms with van der Waals surface area (Å²) in [5.74, 6) is 0. The van der Waals surface area contributed by atoms with Gasteiger partial charge in [-0.25, -0.2) is 13.4 Å². The molecule has 0 saturated heterocycles. The van der Waals surface area contributed by atoms with Crippen molar-refractivity contribution in [2.75, 3.05) is 10.5 Å². The van der Waals surface area contributed by atoms with Gasteiger partial charge in [-0.15, -0.1) is 0 Å². The monoisotopic (exact) mass is 328 g/mol. The summed E-state index contributed by atoms with van der Waals surface area (Å²) in [7, 11) is -3.88. The second-order valence-electron chi connectivity index (χ2n) is 4.24. The van der Waals surface area contributed by atoms with Crippen LogP contribution in [0.3, 0.4) is 0 Å². The molecule has 0 bridgehead atoms. The van der Waals surface area contributed by atoms with E-state index in [4.69, 9.17) is 5.73 Å². The van der Waals surface area contributed by atoms with Crippen LogP contribution in [-0.2, 0) is 10.0 Å². The maximum Gasteiger partial charge on any atom is 0.274 e. The molecule has 0 unspecified atom stereocenters. The molecule has 112 valence electrons. The van der Waals surface area contributed by atoms with E-state index >= 15 is 0 Å². The number of nitrogens with two attached hydrogens (primary N) is 1. The molecule has 2 rings (SSSR count). The lowest BCUT2D eigenvalue weighted by Crippen LogP contribution is -2.14. The number of nitrogen functional groups attached to an aromatic ring is 1. The summed E-state index contributed by atoms with van der Waals surface area (Å²) < 4.78 is 26.9. The number of nitro benzene ring substituents is 1. The molecular formula is C11H12N4O4S2. The molecule has 0 aliphatic carbocycles. The fraction of sp³-hybridized carbons (Fsp3) is 0.182. The third-order valence-corrected chi connectivity index (χ3v) is 5.72. The molecule has 0 saturated carbocycles. The van der Waals surface area contributed by atoms with Crippen molar-refractivity contribution in [2.45, 2.75) is 18.1 Å². The first-order valence-corrected chi connectivity index (χ1v) is 8.02. The predicted octanol–water partition coefficient (Wildman–Crippen LogP) is 2.05. The topological polar surface area (TPSA) is 128 Å². The third-order valence-electron chi connectivity index (χ3n) is 2.76. The van der Waals surface area contributed by atoms with Crippen LogP contribution in [0.5, 0.6) is 0 Å². The number of aromatic nitrogens is 1. The molecule has 1 aromatic heterocycles. The number of nitrogens with one attached hydrogen (secondary N) is 1. The average Bonchev–Trinajstić information content (AvgIpc) is 2.71. The van der Waals surface area contributed by atoms with Gasteiger partial charge in [-0.3, -0.25) is 14.8 Å². The Hall–Kier alpha value is -2.20. The molecule has 10 heteroatoms. The van der Waals surface area contributed by atoms with Crippen molar-refractivity contribution in [1.29, 1.82) is 0 Å². The highest BCUT2D eigenvalue weighted by molar-refractivity contribution is 7.94. The summed E-state index contributed by atoms with van der Waals surface area (Å²) in [5.41, 5.74) is 6.00. The van der Waals surface area contributed by atoms with E-state index in [0.717, 1.165) is 11.3 Å². The fourth-order valence-electron chi connectivity index (χ4n) is 1.77.